The van der Waals surface area contributed by atoms with Gasteiger partial charge < -0.3 is 10.1 Å². The SMILES string of the molecule is Cc1ccc(/C=C/C(=O)Nc2ccc(Oc3ccncc3)cc2)cc1. The second-order valence-electron chi connectivity index (χ2n) is 5.54. The molecule has 3 aromatic rings. The Labute approximate surface area is 146 Å². The van der Waals surface area contributed by atoms with Crippen LogP contribution in [0.3, 0.4) is 0 Å². The van der Waals surface area contributed by atoms with Crippen LogP contribution in [0.25, 0.3) is 6.08 Å². The molecule has 1 aromatic heterocycles. The number of hydrogen-bond donors (Lipinski definition) is 1. The average molecular weight is 330 g/mol. The molecule has 0 atom stereocenters. The van der Waals surface area contributed by atoms with Crippen LogP contribution >= 0.6 is 0 Å². The summed E-state index contributed by atoms with van der Waals surface area (Å²) >= 11 is 0. The lowest BCUT2D eigenvalue weighted by Gasteiger charge is -2.07. The highest BCUT2D eigenvalue weighted by Crippen LogP contribution is 2.22. The third kappa shape index (κ3) is 5.04. The van der Waals surface area contributed by atoms with Crippen molar-refractivity contribution in [1.29, 1.82) is 0 Å². The third-order valence-corrected chi connectivity index (χ3v) is 3.51. The van der Waals surface area contributed by atoms with Gasteiger partial charge in [-0.15, -0.1) is 0 Å². The van der Waals surface area contributed by atoms with Gasteiger partial charge >= 0.3 is 0 Å². The molecule has 0 bridgehead atoms. The van der Waals surface area contributed by atoms with E-state index in [2.05, 4.69) is 10.3 Å². The molecule has 0 aliphatic heterocycles. The Morgan fingerprint density at radius 1 is 0.920 bits per heavy atom. The maximum absolute atomic E-state index is 12.0. The van der Waals surface area contributed by atoms with Gasteiger partial charge in [-0.3, -0.25) is 9.78 Å². The maximum atomic E-state index is 12.0. The van der Waals surface area contributed by atoms with Crippen LogP contribution in [0.1, 0.15) is 11.1 Å². The van der Waals surface area contributed by atoms with Crippen molar-refractivity contribution in [2.24, 2.45) is 0 Å². The monoisotopic (exact) mass is 330 g/mol. The molecule has 4 heteroatoms. The van der Waals surface area contributed by atoms with Gasteiger partial charge in [-0.05, 0) is 55.0 Å². The van der Waals surface area contributed by atoms with Crippen LogP contribution in [0.15, 0.2) is 79.1 Å². The van der Waals surface area contributed by atoms with Gasteiger partial charge in [-0.2, -0.15) is 0 Å². The lowest BCUT2D eigenvalue weighted by Crippen LogP contribution is -2.07. The zero-order valence-corrected chi connectivity index (χ0v) is 13.8. The molecule has 0 fully saturated rings. The molecule has 2 aromatic carbocycles. The van der Waals surface area contributed by atoms with E-state index in [1.165, 1.54) is 11.6 Å². The molecule has 0 aliphatic carbocycles. The molecule has 0 unspecified atom stereocenters. The van der Waals surface area contributed by atoms with E-state index in [4.69, 9.17) is 4.74 Å². The van der Waals surface area contributed by atoms with Gasteiger partial charge in [-0.25, -0.2) is 0 Å². The number of nitrogens with zero attached hydrogens (tertiary/aromatic N) is 1. The van der Waals surface area contributed by atoms with Crippen molar-refractivity contribution in [3.8, 4) is 11.5 Å². The summed E-state index contributed by atoms with van der Waals surface area (Å²) < 4.78 is 5.69. The van der Waals surface area contributed by atoms with Gasteiger partial charge in [0.15, 0.2) is 0 Å². The fourth-order valence-corrected chi connectivity index (χ4v) is 2.18. The van der Waals surface area contributed by atoms with Crippen LogP contribution in [0, 0.1) is 6.92 Å². The van der Waals surface area contributed by atoms with E-state index < -0.39 is 0 Å². The number of rotatable bonds is 5. The quantitative estimate of drug-likeness (QED) is 0.681. The number of aromatic nitrogens is 1. The van der Waals surface area contributed by atoms with Gasteiger partial charge in [0.2, 0.25) is 5.91 Å². The molecular formula is C21H18N2O2. The van der Waals surface area contributed by atoms with E-state index in [1.807, 2.05) is 31.2 Å². The van der Waals surface area contributed by atoms with E-state index in [0.29, 0.717) is 17.2 Å². The predicted molar refractivity (Wildman–Crippen MR) is 99.6 cm³/mol. The Kier molecular flexibility index (Phi) is 5.22. The average Bonchev–Trinajstić information content (AvgIpc) is 2.64. The number of hydrogen-bond acceptors (Lipinski definition) is 3. The van der Waals surface area contributed by atoms with Crippen LogP contribution in [0.2, 0.25) is 0 Å². The standard InChI is InChI=1S/C21H18N2O2/c1-16-2-4-17(5-3-16)6-11-21(24)23-18-7-9-19(10-8-18)25-20-12-14-22-15-13-20/h2-15H,1H3,(H,23,24)/b11-6+. The highest BCUT2D eigenvalue weighted by molar-refractivity contribution is 6.01. The minimum absolute atomic E-state index is 0.177. The van der Waals surface area contributed by atoms with E-state index in [0.717, 1.165) is 5.56 Å². The predicted octanol–water partition coefficient (Wildman–Crippen LogP) is 4.83. The number of carbonyl (C=O) groups is 1. The zero-order chi connectivity index (χ0) is 17.5. The number of benzene rings is 2. The number of ether oxygens (including phenoxy) is 1. The smallest absolute Gasteiger partial charge is 0.248 e. The maximum Gasteiger partial charge on any atom is 0.248 e. The van der Waals surface area contributed by atoms with E-state index >= 15 is 0 Å². The summed E-state index contributed by atoms with van der Waals surface area (Å²) in [6, 6.07) is 18.8. The Morgan fingerprint density at radius 2 is 1.56 bits per heavy atom. The highest BCUT2D eigenvalue weighted by atomic mass is 16.5. The molecule has 124 valence electrons. The van der Waals surface area contributed by atoms with E-state index in [9.17, 15) is 4.79 Å². The molecule has 1 amide bonds. The van der Waals surface area contributed by atoms with Crippen LogP contribution in [0.5, 0.6) is 11.5 Å². The summed E-state index contributed by atoms with van der Waals surface area (Å²) in [5.74, 6) is 1.23. The number of amides is 1. The number of pyridine rings is 1. The summed E-state index contributed by atoms with van der Waals surface area (Å²) in [5, 5.41) is 2.82. The Bertz CT molecular complexity index is 855. The first kappa shape index (κ1) is 16.5. The molecule has 0 radical (unpaired) electrons. The minimum Gasteiger partial charge on any atom is -0.457 e. The number of nitrogens with one attached hydrogen (secondary N) is 1. The lowest BCUT2D eigenvalue weighted by molar-refractivity contribution is -0.111. The van der Waals surface area contributed by atoms with Crippen molar-refractivity contribution >= 4 is 17.7 Å². The van der Waals surface area contributed by atoms with Crippen molar-refractivity contribution in [2.45, 2.75) is 6.92 Å². The fraction of sp³-hybridized carbons (Fsp3) is 0.0476. The number of aryl methyl sites for hydroxylation is 1. The minimum atomic E-state index is -0.177. The first-order chi connectivity index (χ1) is 12.2. The van der Waals surface area contributed by atoms with Crippen molar-refractivity contribution < 1.29 is 9.53 Å². The van der Waals surface area contributed by atoms with Gasteiger partial charge in [-0.1, -0.05) is 29.8 Å². The van der Waals surface area contributed by atoms with Gasteiger partial charge in [0.1, 0.15) is 11.5 Å². The third-order valence-electron chi connectivity index (χ3n) is 3.51. The zero-order valence-electron chi connectivity index (χ0n) is 13.8. The summed E-state index contributed by atoms with van der Waals surface area (Å²) in [7, 11) is 0. The van der Waals surface area contributed by atoms with Crippen molar-refractivity contribution in [3.63, 3.8) is 0 Å². The molecule has 0 spiro atoms. The largest absolute Gasteiger partial charge is 0.457 e. The molecular weight excluding hydrogens is 312 g/mol. The highest BCUT2D eigenvalue weighted by Gasteiger charge is 2.00. The van der Waals surface area contributed by atoms with Crippen molar-refractivity contribution in [1.82, 2.24) is 4.98 Å². The van der Waals surface area contributed by atoms with Crippen molar-refractivity contribution in [2.75, 3.05) is 5.32 Å². The van der Waals surface area contributed by atoms with Gasteiger partial charge in [0.25, 0.3) is 0 Å². The summed E-state index contributed by atoms with van der Waals surface area (Å²) in [6.07, 6.45) is 6.65. The second-order valence-corrected chi connectivity index (χ2v) is 5.54. The lowest BCUT2D eigenvalue weighted by atomic mass is 10.1. The number of anilines is 1. The first-order valence-electron chi connectivity index (χ1n) is 7.93. The summed E-state index contributed by atoms with van der Waals surface area (Å²) in [5.41, 5.74) is 2.89. The summed E-state index contributed by atoms with van der Waals surface area (Å²) in [6.45, 7) is 2.03. The fourth-order valence-electron chi connectivity index (χ4n) is 2.18. The molecule has 25 heavy (non-hydrogen) atoms. The molecule has 0 saturated carbocycles. The van der Waals surface area contributed by atoms with Crippen LogP contribution in [0.4, 0.5) is 5.69 Å². The van der Waals surface area contributed by atoms with Gasteiger partial charge in [0.05, 0.1) is 0 Å². The van der Waals surface area contributed by atoms with Crippen LogP contribution in [-0.4, -0.2) is 10.9 Å². The normalized spacial score (nSPS) is 10.6. The van der Waals surface area contributed by atoms with Crippen LogP contribution < -0.4 is 10.1 Å². The Morgan fingerprint density at radius 3 is 2.24 bits per heavy atom. The molecule has 0 saturated heterocycles. The molecule has 0 aliphatic rings. The molecule has 1 heterocycles. The van der Waals surface area contributed by atoms with Gasteiger partial charge in [0, 0.05) is 24.2 Å². The summed E-state index contributed by atoms with van der Waals surface area (Å²) in [4.78, 5) is 15.9. The molecule has 3 rings (SSSR count). The molecule has 4 nitrogen and oxygen atoms in total. The first-order valence-corrected chi connectivity index (χ1v) is 7.93. The number of carbonyl (C=O) groups excluding carboxylic acids is 1. The van der Waals surface area contributed by atoms with Crippen LogP contribution in [-0.2, 0) is 4.79 Å². The van der Waals surface area contributed by atoms with E-state index in [-0.39, 0.29) is 5.91 Å². The Hall–Kier alpha value is -3.40. The molecule has 1 N–H and O–H groups in total. The second kappa shape index (κ2) is 7.93. The van der Waals surface area contributed by atoms with Crippen molar-refractivity contribution in [3.05, 3.63) is 90.3 Å². The topological polar surface area (TPSA) is 51.2 Å². The van der Waals surface area contributed by atoms with E-state index in [1.54, 1.807) is 54.9 Å². The Balaban J connectivity index is 1.57.